The van der Waals surface area contributed by atoms with E-state index in [2.05, 4.69) is 221 Å². The van der Waals surface area contributed by atoms with E-state index in [0.717, 1.165) is 17.1 Å². The molecule has 0 radical (unpaired) electrons. The van der Waals surface area contributed by atoms with E-state index in [1.54, 1.807) is 0 Å². The molecule has 2 aromatic heterocycles. The molecular weight excluding hydrogens is 799 g/mol. The Kier molecular flexibility index (Phi) is 7.81. The highest BCUT2D eigenvalue weighted by Gasteiger charge is 2.40. The Morgan fingerprint density at radius 1 is 0.349 bits per heavy atom. The number of rotatable bonds is 5. The van der Waals surface area contributed by atoms with Gasteiger partial charge in [-0.05, 0) is 121 Å². The van der Waals surface area contributed by atoms with Gasteiger partial charge in [0.05, 0.1) is 0 Å². The third-order valence-corrected chi connectivity index (χ3v) is 16.6. The van der Waals surface area contributed by atoms with Gasteiger partial charge in [0, 0.05) is 68.2 Å². The van der Waals surface area contributed by atoms with Crippen LogP contribution in [-0.4, -0.2) is 0 Å². The van der Waals surface area contributed by atoms with Gasteiger partial charge in [0.1, 0.15) is 0 Å². The molecule has 0 bridgehead atoms. The second kappa shape index (κ2) is 13.4. The molecule has 13 rings (SSSR count). The smallest absolute Gasteiger partial charge is 0.0468 e. The summed E-state index contributed by atoms with van der Waals surface area (Å²) in [4.78, 5) is 2.50. The topological polar surface area (TPSA) is 3.24 Å². The lowest BCUT2D eigenvalue weighted by atomic mass is 9.81. The first kappa shape index (κ1) is 36.8. The van der Waals surface area contributed by atoms with E-state index in [4.69, 9.17) is 0 Å². The van der Waals surface area contributed by atoms with Gasteiger partial charge in [0.2, 0.25) is 0 Å². The molecule has 2 aliphatic rings. The molecule has 3 heteroatoms. The van der Waals surface area contributed by atoms with E-state index in [9.17, 15) is 0 Å². The molecule has 300 valence electrons. The van der Waals surface area contributed by atoms with Gasteiger partial charge in [-0.3, -0.25) is 0 Å². The third kappa shape index (κ3) is 5.27. The lowest BCUT2D eigenvalue weighted by Gasteiger charge is -2.29. The van der Waals surface area contributed by atoms with Crippen molar-refractivity contribution in [3.05, 3.63) is 210 Å². The van der Waals surface area contributed by atoms with Gasteiger partial charge in [0.25, 0.3) is 0 Å². The van der Waals surface area contributed by atoms with Crippen LogP contribution in [-0.2, 0) is 10.8 Å². The molecule has 11 aromatic rings. The Hall–Kier alpha value is -6.78. The average Bonchev–Trinajstić information content (AvgIpc) is 4.01. The molecule has 63 heavy (non-hydrogen) atoms. The first-order valence-electron chi connectivity index (χ1n) is 22.0. The van der Waals surface area contributed by atoms with Crippen molar-refractivity contribution in [1.29, 1.82) is 0 Å². The van der Waals surface area contributed by atoms with E-state index < -0.39 is 0 Å². The zero-order valence-corrected chi connectivity index (χ0v) is 37.3. The molecule has 0 amide bonds. The van der Waals surface area contributed by atoms with Gasteiger partial charge in [0.15, 0.2) is 0 Å². The monoisotopic (exact) mass is 841 g/mol. The summed E-state index contributed by atoms with van der Waals surface area (Å²) >= 11 is 3.81. The molecule has 9 aromatic carbocycles. The van der Waals surface area contributed by atoms with Crippen LogP contribution in [0.1, 0.15) is 49.9 Å². The summed E-state index contributed by atoms with van der Waals surface area (Å²) in [5.74, 6) is 0. The fourth-order valence-electron chi connectivity index (χ4n) is 11.2. The number of hydrogen-bond acceptors (Lipinski definition) is 3. The van der Waals surface area contributed by atoms with E-state index in [0.29, 0.717) is 0 Å². The van der Waals surface area contributed by atoms with Gasteiger partial charge in [-0.25, -0.2) is 0 Å². The van der Waals surface area contributed by atoms with Crippen molar-refractivity contribution in [2.75, 3.05) is 4.90 Å². The summed E-state index contributed by atoms with van der Waals surface area (Å²) in [6, 6.07) is 70.8. The van der Waals surface area contributed by atoms with Crippen LogP contribution in [0, 0.1) is 0 Å². The lowest BCUT2D eigenvalue weighted by molar-refractivity contribution is 0.660. The molecule has 2 aliphatic carbocycles. The minimum absolute atomic E-state index is 0.124. The normalized spacial score (nSPS) is 14.3. The largest absolute Gasteiger partial charge is 0.310 e. The second-order valence-corrected chi connectivity index (χ2v) is 20.6. The Balaban J connectivity index is 1.03. The maximum Gasteiger partial charge on any atom is 0.0468 e. The highest BCUT2D eigenvalue weighted by molar-refractivity contribution is 7.26. The van der Waals surface area contributed by atoms with Crippen LogP contribution >= 0.6 is 22.7 Å². The molecule has 0 fully saturated rings. The van der Waals surface area contributed by atoms with Crippen molar-refractivity contribution in [3.8, 4) is 44.5 Å². The summed E-state index contributed by atoms with van der Waals surface area (Å²) < 4.78 is 5.35. The Morgan fingerprint density at radius 3 is 1.78 bits per heavy atom. The minimum atomic E-state index is -0.180. The Labute approximate surface area is 376 Å². The van der Waals surface area contributed by atoms with Crippen molar-refractivity contribution < 1.29 is 0 Å². The number of hydrogen-bond donors (Lipinski definition) is 0. The van der Waals surface area contributed by atoms with Gasteiger partial charge in [-0.15, -0.1) is 22.7 Å². The number of benzene rings is 9. The van der Waals surface area contributed by atoms with Crippen LogP contribution in [0.2, 0.25) is 0 Å². The van der Waals surface area contributed by atoms with Crippen LogP contribution in [0.15, 0.2) is 188 Å². The predicted molar refractivity (Wildman–Crippen MR) is 273 cm³/mol. The van der Waals surface area contributed by atoms with E-state index in [1.165, 1.54) is 107 Å². The molecule has 0 aliphatic heterocycles. The molecule has 0 unspecified atom stereocenters. The van der Waals surface area contributed by atoms with Crippen LogP contribution < -0.4 is 4.90 Å². The van der Waals surface area contributed by atoms with Crippen molar-refractivity contribution in [1.82, 2.24) is 0 Å². The summed E-state index contributed by atoms with van der Waals surface area (Å²) in [6.07, 6.45) is 0. The molecular formula is C60H43NS2. The standard InChI is InChI=1S/C60H43NS2/c1-59(2)48-22-11-8-17-42(48)43-31-29-40(34-50(43)59)61(38-27-25-36(26-28-38)41-20-14-21-45-44-18-9-12-23-52(44)63-58(41)45)39-30-32-49-47(33-39)56-51(60(49,3)4)35-54-57(46-19-10-13-24-53(46)62-54)55(56)37-15-6-5-7-16-37/h5-35H,1-4H3. The highest BCUT2D eigenvalue weighted by atomic mass is 32.1. The summed E-state index contributed by atoms with van der Waals surface area (Å²) in [5, 5.41) is 5.34. The second-order valence-electron chi connectivity index (χ2n) is 18.4. The summed E-state index contributed by atoms with van der Waals surface area (Å²) in [5.41, 5.74) is 19.1. The van der Waals surface area contributed by atoms with E-state index >= 15 is 0 Å². The summed E-state index contributed by atoms with van der Waals surface area (Å²) in [7, 11) is 0. The SMILES string of the molecule is CC1(C)c2ccccc2-c2ccc(N(c3ccc(-c4cccc5c4sc4ccccc45)cc3)c3ccc4c(c3)-c3c(cc5sc6ccccc6c5c3-c3ccccc3)C4(C)C)cc21. The molecule has 0 spiro atoms. The van der Waals surface area contributed by atoms with Crippen molar-refractivity contribution >= 4 is 80.1 Å². The minimum Gasteiger partial charge on any atom is -0.310 e. The molecule has 0 saturated carbocycles. The zero-order chi connectivity index (χ0) is 42.2. The molecule has 0 saturated heterocycles. The van der Waals surface area contributed by atoms with Gasteiger partial charge >= 0.3 is 0 Å². The predicted octanol–water partition coefficient (Wildman–Crippen LogP) is 17.8. The van der Waals surface area contributed by atoms with E-state index in [-0.39, 0.29) is 10.8 Å². The van der Waals surface area contributed by atoms with Gasteiger partial charge in [-0.2, -0.15) is 0 Å². The van der Waals surface area contributed by atoms with Crippen molar-refractivity contribution in [3.63, 3.8) is 0 Å². The number of fused-ring (bicyclic) bond motifs is 12. The summed E-state index contributed by atoms with van der Waals surface area (Å²) in [6.45, 7) is 9.59. The Morgan fingerprint density at radius 2 is 0.952 bits per heavy atom. The van der Waals surface area contributed by atoms with Crippen LogP contribution in [0.4, 0.5) is 17.1 Å². The van der Waals surface area contributed by atoms with Crippen molar-refractivity contribution in [2.24, 2.45) is 0 Å². The number of thiophene rings is 2. The third-order valence-electron chi connectivity index (χ3n) is 14.3. The molecule has 1 nitrogen and oxygen atoms in total. The van der Waals surface area contributed by atoms with Gasteiger partial charge < -0.3 is 4.90 Å². The van der Waals surface area contributed by atoms with Crippen LogP contribution in [0.25, 0.3) is 84.9 Å². The first-order chi connectivity index (χ1) is 30.8. The fraction of sp³-hybridized carbons (Fsp3) is 0.100. The number of nitrogens with zero attached hydrogens (tertiary/aromatic N) is 1. The fourth-order valence-corrected chi connectivity index (χ4v) is 13.6. The highest BCUT2D eigenvalue weighted by Crippen LogP contribution is 2.58. The molecule has 0 atom stereocenters. The van der Waals surface area contributed by atoms with Crippen molar-refractivity contribution in [2.45, 2.75) is 38.5 Å². The molecule has 2 heterocycles. The van der Waals surface area contributed by atoms with Crippen LogP contribution in [0.5, 0.6) is 0 Å². The maximum atomic E-state index is 2.51. The zero-order valence-electron chi connectivity index (χ0n) is 35.7. The Bertz CT molecular complexity index is 3680. The van der Waals surface area contributed by atoms with Crippen LogP contribution in [0.3, 0.4) is 0 Å². The molecule has 0 N–H and O–H groups in total. The van der Waals surface area contributed by atoms with E-state index in [1.807, 2.05) is 22.7 Å². The quantitative estimate of drug-likeness (QED) is 0.167. The first-order valence-corrected chi connectivity index (χ1v) is 23.6. The number of anilines is 3. The average molecular weight is 842 g/mol. The van der Waals surface area contributed by atoms with Gasteiger partial charge in [-0.1, -0.05) is 161 Å². The lowest BCUT2D eigenvalue weighted by Crippen LogP contribution is -2.17. The maximum absolute atomic E-state index is 2.51.